The molecular weight excluding hydrogens is 328 g/mol. The number of thiol groups is 1. The number of hydrogen-bond donors (Lipinski definition) is 2. The summed E-state index contributed by atoms with van der Waals surface area (Å²) >= 11 is 3.34. The van der Waals surface area contributed by atoms with Crippen molar-refractivity contribution in [1.29, 1.82) is 0 Å². The molecule has 6 nitrogen and oxygen atoms in total. The van der Waals surface area contributed by atoms with Gasteiger partial charge in [-0.1, -0.05) is 17.7 Å². The number of rotatable bonds is 3. The predicted molar refractivity (Wildman–Crippen MR) is 80.9 cm³/mol. The first-order valence-electron chi connectivity index (χ1n) is 6.08. The van der Waals surface area contributed by atoms with E-state index in [0.29, 0.717) is 6.07 Å². The van der Waals surface area contributed by atoms with Gasteiger partial charge in [0, 0.05) is 11.6 Å². The fourth-order valence-electron chi connectivity index (χ4n) is 1.58. The minimum absolute atomic E-state index is 0.00931. The number of nitrogen functional groups attached to an aromatic ring is 1. The quantitative estimate of drug-likeness (QED) is 0.503. The molecule has 0 radical (unpaired) electrons. The third kappa shape index (κ3) is 4.33. The number of amides is 2. The van der Waals surface area contributed by atoms with Crippen LogP contribution in [-0.2, 0) is 0 Å². The standard InChI is InChI=1S/C14H9F2N3O3S/c15-8-2-4-11(9(16)6-8)22-12-5-7(1-3-10(12)17)13(20)18-19-14(21)23/h1-6H,17H2,(H,21,23)/b19-18-. The van der Waals surface area contributed by atoms with Gasteiger partial charge < -0.3 is 10.5 Å². The fourth-order valence-corrected chi connectivity index (χ4v) is 1.62. The predicted octanol–water partition coefficient (Wildman–Crippen LogP) is 3.98. The van der Waals surface area contributed by atoms with Crippen LogP contribution in [0.3, 0.4) is 0 Å². The van der Waals surface area contributed by atoms with Gasteiger partial charge >= 0.3 is 5.24 Å². The van der Waals surface area contributed by atoms with Crippen LogP contribution in [0.5, 0.6) is 11.5 Å². The number of azo groups is 1. The van der Waals surface area contributed by atoms with Crippen molar-refractivity contribution in [2.45, 2.75) is 0 Å². The van der Waals surface area contributed by atoms with Crippen LogP contribution in [-0.4, -0.2) is 11.1 Å². The number of benzene rings is 2. The molecular formula is C14H9F2N3O3S. The van der Waals surface area contributed by atoms with Crippen molar-refractivity contribution in [3.63, 3.8) is 0 Å². The minimum Gasteiger partial charge on any atom is -0.452 e. The molecule has 0 fully saturated rings. The molecule has 0 atom stereocenters. The first kappa shape index (κ1) is 16.6. The Labute approximate surface area is 134 Å². The molecule has 0 saturated carbocycles. The van der Waals surface area contributed by atoms with Gasteiger partial charge in [-0.2, -0.15) is 0 Å². The first-order valence-corrected chi connectivity index (χ1v) is 6.53. The van der Waals surface area contributed by atoms with Crippen molar-refractivity contribution in [2.75, 3.05) is 5.73 Å². The van der Waals surface area contributed by atoms with E-state index in [9.17, 15) is 18.4 Å². The zero-order chi connectivity index (χ0) is 17.0. The molecule has 23 heavy (non-hydrogen) atoms. The molecule has 0 saturated heterocycles. The molecule has 2 aromatic rings. The van der Waals surface area contributed by atoms with Crippen LogP contribution in [0, 0.1) is 11.6 Å². The summed E-state index contributed by atoms with van der Waals surface area (Å²) in [5.41, 5.74) is 5.81. The van der Waals surface area contributed by atoms with E-state index in [4.69, 9.17) is 10.5 Å². The molecule has 0 aromatic heterocycles. The lowest BCUT2D eigenvalue weighted by Crippen LogP contribution is -1.99. The third-order valence-electron chi connectivity index (χ3n) is 2.60. The van der Waals surface area contributed by atoms with E-state index in [1.165, 1.54) is 18.2 Å². The Morgan fingerprint density at radius 3 is 2.43 bits per heavy atom. The molecule has 2 aromatic carbocycles. The highest BCUT2D eigenvalue weighted by molar-refractivity contribution is 7.96. The molecule has 118 valence electrons. The van der Waals surface area contributed by atoms with Crippen LogP contribution in [0.1, 0.15) is 10.4 Å². The van der Waals surface area contributed by atoms with Crippen LogP contribution in [0.25, 0.3) is 0 Å². The molecule has 2 N–H and O–H groups in total. The molecule has 2 amide bonds. The topological polar surface area (TPSA) is 94.1 Å². The Morgan fingerprint density at radius 1 is 1.04 bits per heavy atom. The zero-order valence-corrected chi connectivity index (χ0v) is 12.3. The highest BCUT2D eigenvalue weighted by atomic mass is 32.1. The minimum atomic E-state index is -0.932. The van der Waals surface area contributed by atoms with Gasteiger partial charge in [-0.3, -0.25) is 9.59 Å². The van der Waals surface area contributed by atoms with Crippen LogP contribution >= 0.6 is 12.6 Å². The van der Waals surface area contributed by atoms with Crippen molar-refractivity contribution < 1.29 is 23.1 Å². The summed E-state index contributed by atoms with van der Waals surface area (Å²) in [6, 6.07) is 6.60. The van der Waals surface area contributed by atoms with E-state index in [1.807, 2.05) is 0 Å². The molecule has 0 aliphatic heterocycles. The monoisotopic (exact) mass is 337 g/mol. The number of carbonyl (C=O) groups excluding carboxylic acids is 2. The van der Waals surface area contributed by atoms with Crippen LogP contribution in [0.15, 0.2) is 46.6 Å². The number of nitrogens with zero attached hydrogens (tertiary/aromatic N) is 2. The van der Waals surface area contributed by atoms with Gasteiger partial charge in [0.1, 0.15) is 5.82 Å². The summed E-state index contributed by atoms with van der Waals surface area (Å²) in [6.45, 7) is 0. The molecule has 0 aliphatic carbocycles. The van der Waals surface area contributed by atoms with E-state index in [2.05, 4.69) is 22.9 Å². The molecule has 0 bridgehead atoms. The Balaban J connectivity index is 2.30. The molecule has 0 aliphatic rings. The second-order valence-corrected chi connectivity index (χ2v) is 4.60. The fraction of sp³-hybridized carbons (Fsp3) is 0. The first-order chi connectivity index (χ1) is 10.9. The van der Waals surface area contributed by atoms with E-state index < -0.39 is 22.8 Å². The number of nitrogens with two attached hydrogens (primary N) is 1. The van der Waals surface area contributed by atoms with E-state index in [-0.39, 0.29) is 22.7 Å². The van der Waals surface area contributed by atoms with E-state index in [1.54, 1.807) is 0 Å². The van der Waals surface area contributed by atoms with Gasteiger partial charge in [0.05, 0.1) is 5.69 Å². The molecule has 9 heteroatoms. The SMILES string of the molecule is Nc1ccc(C(=O)/N=N\C(=O)S)cc1Oc1ccc(F)cc1F. The van der Waals surface area contributed by atoms with E-state index >= 15 is 0 Å². The lowest BCUT2D eigenvalue weighted by Gasteiger charge is -2.10. The number of hydrogen-bond acceptors (Lipinski definition) is 4. The summed E-state index contributed by atoms with van der Waals surface area (Å²) < 4.78 is 31.7. The van der Waals surface area contributed by atoms with Crippen molar-refractivity contribution in [3.8, 4) is 11.5 Å². The lowest BCUT2D eigenvalue weighted by atomic mass is 10.2. The normalized spacial score (nSPS) is 10.7. The smallest absolute Gasteiger partial charge is 0.320 e. The summed E-state index contributed by atoms with van der Waals surface area (Å²) in [7, 11) is 0. The Hall–Kier alpha value is -2.81. The summed E-state index contributed by atoms with van der Waals surface area (Å²) in [4.78, 5) is 22.3. The number of ether oxygens (including phenoxy) is 1. The molecule has 0 heterocycles. The third-order valence-corrected chi connectivity index (χ3v) is 2.69. The lowest BCUT2D eigenvalue weighted by molar-refractivity contribution is 0.0994. The summed E-state index contributed by atoms with van der Waals surface area (Å²) in [5.74, 6) is -2.83. The second-order valence-electron chi connectivity index (χ2n) is 4.22. The number of carbonyl (C=O) groups is 2. The highest BCUT2D eigenvalue weighted by Crippen LogP contribution is 2.30. The largest absolute Gasteiger partial charge is 0.452 e. The van der Waals surface area contributed by atoms with Gasteiger partial charge in [0.25, 0.3) is 5.91 Å². The van der Waals surface area contributed by atoms with E-state index in [0.717, 1.165) is 12.1 Å². The maximum Gasteiger partial charge on any atom is 0.320 e. The van der Waals surface area contributed by atoms with Crippen LogP contribution in [0.2, 0.25) is 0 Å². The molecule has 0 spiro atoms. The van der Waals surface area contributed by atoms with Gasteiger partial charge in [-0.15, -0.1) is 5.11 Å². The van der Waals surface area contributed by atoms with Gasteiger partial charge in [-0.25, -0.2) is 8.78 Å². The molecule has 0 unspecified atom stereocenters. The number of anilines is 1. The summed E-state index contributed by atoms with van der Waals surface area (Å²) in [6.07, 6.45) is 0. The summed E-state index contributed by atoms with van der Waals surface area (Å²) in [5, 5.41) is 5.20. The Kier molecular flexibility index (Phi) is 5.02. The van der Waals surface area contributed by atoms with Crippen molar-refractivity contribution >= 4 is 29.5 Å². The average Bonchev–Trinajstić information content (AvgIpc) is 2.49. The maximum atomic E-state index is 13.6. The van der Waals surface area contributed by atoms with Crippen LogP contribution in [0.4, 0.5) is 19.3 Å². The van der Waals surface area contributed by atoms with Gasteiger partial charge in [-0.05, 0) is 30.3 Å². The maximum absolute atomic E-state index is 13.6. The zero-order valence-electron chi connectivity index (χ0n) is 11.4. The molecule has 2 rings (SSSR count). The average molecular weight is 337 g/mol. The van der Waals surface area contributed by atoms with Crippen molar-refractivity contribution in [1.82, 2.24) is 0 Å². The van der Waals surface area contributed by atoms with Crippen LogP contribution < -0.4 is 10.5 Å². The second kappa shape index (κ2) is 6.97. The Bertz CT molecular complexity index is 812. The van der Waals surface area contributed by atoms with Gasteiger partial charge in [0.15, 0.2) is 17.3 Å². The van der Waals surface area contributed by atoms with Crippen molar-refractivity contribution in [2.24, 2.45) is 10.2 Å². The highest BCUT2D eigenvalue weighted by Gasteiger charge is 2.12. The Morgan fingerprint density at radius 2 is 1.78 bits per heavy atom. The van der Waals surface area contributed by atoms with Gasteiger partial charge in [0.2, 0.25) is 0 Å². The van der Waals surface area contributed by atoms with Crippen molar-refractivity contribution in [3.05, 3.63) is 53.6 Å². The number of halogens is 2.